The third-order valence-electron chi connectivity index (χ3n) is 5.01. The van der Waals surface area contributed by atoms with Crippen molar-refractivity contribution in [2.75, 3.05) is 18.5 Å². The number of carbonyl (C=O) groups excluding carboxylic acids is 1. The first kappa shape index (κ1) is 19.9. The normalized spacial score (nSPS) is 15.1. The summed E-state index contributed by atoms with van der Waals surface area (Å²) < 4.78 is 10.7. The molecule has 1 aromatic carbocycles. The number of fused-ring (bicyclic) bond motifs is 1. The fourth-order valence-corrected chi connectivity index (χ4v) is 4.52. The SMILES string of the molecule is CC(C)c1noc2ncc(C(=O)Nc3cccc(CSC4CCOCC4)c3)cc12. The van der Waals surface area contributed by atoms with Gasteiger partial charge in [-0.3, -0.25) is 4.79 Å². The van der Waals surface area contributed by atoms with E-state index in [-0.39, 0.29) is 11.8 Å². The van der Waals surface area contributed by atoms with Gasteiger partial charge >= 0.3 is 0 Å². The Balaban J connectivity index is 1.44. The average Bonchev–Trinajstić information content (AvgIpc) is 3.17. The lowest BCUT2D eigenvalue weighted by Crippen LogP contribution is -2.17. The lowest BCUT2D eigenvalue weighted by atomic mass is 10.1. The number of hydrogen-bond acceptors (Lipinski definition) is 6. The van der Waals surface area contributed by atoms with Gasteiger partial charge in [0.25, 0.3) is 11.6 Å². The molecule has 29 heavy (non-hydrogen) atoms. The van der Waals surface area contributed by atoms with Crippen LogP contribution in [0.5, 0.6) is 0 Å². The van der Waals surface area contributed by atoms with Gasteiger partial charge in [-0.05, 0) is 42.5 Å². The zero-order valence-electron chi connectivity index (χ0n) is 16.7. The Hall–Kier alpha value is -2.38. The molecule has 1 amide bonds. The topological polar surface area (TPSA) is 77.2 Å². The van der Waals surface area contributed by atoms with Crippen LogP contribution in [0, 0.1) is 0 Å². The predicted octanol–water partition coefficient (Wildman–Crippen LogP) is 5.01. The maximum Gasteiger partial charge on any atom is 0.257 e. The summed E-state index contributed by atoms with van der Waals surface area (Å²) in [6, 6.07) is 9.82. The molecular formula is C22H25N3O3S. The highest BCUT2D eigenvalue weighted by Gasteiger charge is 2.17. The molecule has 1 aliphatic rings. The second kappa shape index (κ2) is 8.97. The van der Waals surface area contributed by atoms with Gasteiger partial charge in [0, 0.05) is 36.1 Å². The quantitative estimate of drug-likeness (QED) is 0.614. The van der Waals surface area contributed by atoms with E-state index in [0.29, 0.717) is 16.5 Å². The maximum atomic E-state index is 12.8. The van der Waals surface area contributed by atoms with Gasteiger partial charge in [0.1, 0.15) is 0 Å². The van der Waals surface area contributed by atoms with Gasteiger partial charge in [0.15, 0.2) is 0 Å². The number of hydrogen-bond donors (Lipinski definition) is 1. The van der Waals surface area contributed by atoms with E-state index < -0.39 is 0 Å². The number of thioether (sulfide) groups is 1. The van der Waals surface area contributed by atoms with Crippen molar-refractivity contribution < 1.29 is 14.1 Å². The Kier molecular flexibility index (Phi) is 6.16. The Morgan fingerprint density at radius 2 is 2.10 bits per heavy atom. The van der Waals surface area contributed by atoms with Crippen molar-refractivity contribution in [3.05, 3.63) is 53.3 Å². The highest BCUT2D eigenvalue weighted by Crippen LogP contribution is 2.27. The third-order valence-corrected chi connectivity index (χ3v) is 6.45. The summed E-state index contributed by atoms with van der Waals surface area (Å²) >= 11 is 1.96. The number of nitrogens with zero attached hydrogens (tertiary/aromatic N) is 2. The van der Waals surface area contributed by atoms with Crippen LogP contribution in [0.3, 0.4) is 0 Å². The molecule has 0 saturated carbocycles. The van der Waals surface area contributed by atoms with E-state index in [4.69, 9.17) is 9.26 Å². The molecule has 1 saturated heterocycles. The van der Waals surface area contributed by atoms with E-state index in [0.717, 1.165) is 48.6 Å². The largest absolute Gasteiger partial charge is 0.381 e. The van der Waals surface area contributed by atoms with E-state index >= 15 is 0 Å². The fourth-order valence-electron chi connectivity index (χ4n) is 3.39. The molecule has 1 N–H and O–H groups in total. The van der Waals surface area contributed by atoms with Crippen LogP contribution in [0.2, 0.25) is 0 Å². The molecule has 4 rings (SSSR count). The standard InChI is InChI=1S/C22H25N3O3S/c1-14(2)20-19-11-16(12-23-22(19)28-25-20)21(26)24-17-5-3-4-15(10-17)13-29-18-6-8-27-9-7-18/h3-5,10-12,14,18H,6-9,13H2,1-2H3,(H,24,26). The molecule has 0 radical (unpaired) electrons. The van der Waals surface area contributed by atoms with Gasteiger partial charge in [-0.15, -0.1) is 0 Å². The van der Waals surface area contributed by atoms with Crippen LogP contribution in [-0.2, 0) is 10.5 Å². The monoisotopic (exact) mass is 411 g/mol. The van der Waals surface area contributed by atoms with Crippen LogP contribution < -0.4 is 5.32 Å². The van der Waals surface area contributed by atoms with Crippen LogP contribution in [0.15, 0.2) is 41.1 Å². The predicted molar refractivity (Wildman–Crippen MR) is 115 cm³/mol. The number of nitrogens with one attached hydrogen (secondary N) is 1. The summed E-state index contributed by atoms with van der Waals surface area (Å²) in [5, 5.41) is 8.49. The summed E-state index contributed by atoms with van der Waals surface area (Å²) in [4.78, 5) is 17.0. The first-order valence-corrected chi connectivity index (χ1v) is 11.0. The molecule has 6 nitrogen and oxygen atoms in total. The zero-order chi connectivity index (χ0) is 20.2. The summed E-state index contributed by atoms with van der Waals surface area (Å²) in [6.45, 7) is 5.79. The molecule has 152 valence electrons. The first-order chi connectivity index (χ1) is 14.1. The number of aromatic nitrogens is 2. The zero-order valence-corrected chi connectivity index (χ0v) is 17.5. The van der Waals surface area contributed by atoms with Crippen molar-refractivity contribution in [1.29, 1.82) is 0 Å². The molecule has 0 atom stereocenters. The summed E-state index contributed by atoms with van der Waals surface area (Å²) in [5.74, 6) is 0.936. The summed E-state index contributed by atoms with van der Waals surface area (Å²) in [7, 11) is 0. The van der Waals surface area contributed by atoms with E-state index in [1.54, 1.807) is 6.07 Å². The van der Waals surface area contributed by atoms with E-state index in [1.807, 2.05) is 43.8 Å². The molecular weight excluding hydrogens is 386 g/mol. The van der Waals surface area contributed by atoms with E-state index in [2.05, 4.69) is 21.5 Å². The van der Waals surface area contributed by atoms with Crippen LogP contribution in [-0.4, -0.2) is 34.5 Å². The molecule has 3 heterocycles. The van der Waals surface area contributed by atoms with Gasteiger partial charge in [-0.2, -0.15) is 11.8 Å². The molecule has 0 bridgehead atoms. The van der Waals surface area contributed by atoms with E-state index in [1.165, 1.54) is 11.8 Å². The smallest absolute Gasteiger partial charge is 0.257 e. The molecule has 0 spiro atoms. The minimum atomic E-state index is -0.190. The number of rotatable bonds is 6. The van der Waals surface area contributed by atoms with Crippen LogP contribution in [0.1, 0.15) is 54.2 Å². The lowest BCUT2D eigenvalue weighted by molar-refractivity contribution is 0.1000. The van der Waals surface area contributed by atoms with Crippen LogP contribution in [0.4, 0.5) is 5.69 Å². The number of pyridine rings is 1. The molecule has 0 aliphatic carbocycles. The minimum absolute atomic E-state index is 0.190. The van der Waals surface area contributed by atoms with Gasteiger partial charge in [0.05, 0.1) is 16.6 Å². The second-order valence-corrected chi connectivity index (χ2v) is 8.87. The molecule has 0 unspecified atom stereocenters. The minimum Gasteiger partial charge on any atom is -0.381 e. The number of benzene rings is 1. The van der Waals surface area contributed by atoms with Crippen molar-refractivity contribution in [1.82, 2.24) is 10.1 Å². The van der Waals surface area contributed by atoms with Crippen molar-refractivity contribution in [3.63, 3.8) is 0 Å². The van der Waals surface area contributed by atoms with Crippen LogP contribution in [0.25, 0.3) is 11.1 Å². The number of ether oxygens (including phenoxy) is 1. The molecule has 2 aromatic heterocycles. The third kappa shape index (κ3) is 4.79. The molecule has 1 fully saturated rings. The van der Waals surface area contributed by atoms with Gasteiger partial charge < -0.3 is 14.6 Å². The highest BCUT2D eigenvalue weighted by atomic mass is 32.2. The van der Waals surface area contributed by atoms with E-state index in [9.17, 15) is 4.79 Å². The first-order valence-electron chi connectivity index (χ1n) is 9.95. The summed E-state index contributed by atoms with van der Waals surface area (Å²) in [5.41, 5.74) is 3.75. The van der Waals surface area contributed by atoms with Crippen molar-refractivity contribution in [2.24, 2.45) is 0 Å². The Bertz CT molecular complexity index is 996. The number of carbonyl (C=O) groups is 1. The van der Waals surface area contributed by atoms with Gasteiger partial charge in [-0.25, -0.2) is 4.98 Å². The highest BCUT2D eigenvalue weighted by molar-refractivity contribution is 7.99. The van der Waals surface area contributed by atoms with Crippen molar-refractivity contribution >= 4 is 34.5 Å². The van der Waals surface area contributed by atoms with Crippen molar-refractivity contribution in [2.45, 2.75) is 43.6 Å². The Morgan fingerprint density at radius 1 is 1.28 bits per heavy atom. The van der Waals surface area contributed by atoms with Gasteiger partial charge in [-0.1, -0.05) is 31.1 Å². The second-order valence-electron chi connectivity index (χ2n) is 7.58. The lowest BCUT2D eigenvalue weighted by Gasteiger charge is -2.21. The summed E-state index contributed by atoms with van der Waals surface area (Å²) in [6.07, 6.45) is 3.74. The average molecular weight is 412 g/mol. The number of anilines is 1. The van der Waals surface area contributed by atoms with Crippen LogP contribution >= 0.6 is 11.8 Å². The molecule has 7 heteroatoms. The molecule has 1 aliphatic heterocycles. The Labute approximate surface area is 174 Å². The molecule has 3 aromatic rings. The fraction of sp³-hybridized carbons (Fsp3) is 0.409. The Morgan fingerprint density at radius 3 is 2.90 bits per heavy atom. The maximum absolute atomic E-state index is 12.8. The van der Waals surface area contributed by atoms with Crippen molar-refractivity contribution in [3.8, 4) is 0 Å². The van der Waals surface area contributed by atoms with Gasteiger partial charge in [0.2, 0.25) is 0 Å². The number of amides is 1.